The van der Waals surface area contributed by atoms with E-state index >= 15 is 0 Å². The number of amides is 1. The molecule has 4 N–H and O–H groups in total. The van der Waals surface area contributed by atoms with Crippen molar-refractivity contribution in [2.24, 2.45) is 5.92 Å². The van der Waals surface area contributed by atoms with Crippen LogP contribution in [0.25, 0.3) is 0 Å². The molecule has 5 nitrogen and oxygen atoms in total. The smallest absolute Gasteiger partial charge is 0.270 e. The number of nitrogens with one attached hydrogen (secondary N) is 2. The Morgan fingerprint density at radius 1 is 1.38 bits per heavy atom. The highest BCUT2D eigenvalue weighted by Crippen LogP contribution is 2.27. The van der Waals surface area contributed by atoms with Gasteiger partial charge in [-0.1, -0.05) is 15.9 Å². The normalized spacial score (nSPS) is 27.4. The summed E-state index contributed by atoms with van der Waals surface area (Å²) < 4.78 is 0.812. The summed E-state index contributed by atoms with van der Waals surface area (Å²) in [4.78, 5) is 14.7. The summed E-state index contributed by atoms with van der Waals surface area (Å²) in [6.07, 6.45) is 2.27. The summed E-state index contributed by atoms with van der Waals surface area (Å²) in [5.74, 6) is 0.213. The van der Waals surface area contributed by atoms with Gasteiger partial charge in [0.25, 0.3) is 5.91 Å². The minimum atomic E-state index is -0.335. The Hall–Kier alpha value is -1.40. The van der Waals surface area contributed by atoms with E-state index in [0.717, 1.165) is 36.9 Å². The average molecular weight is 351 g/mol. The Kier molecular flexibility index (Phi) is 3.99. The Morgan fingerprint density at radius 2 is 2.10 bits per heavy atom. The zero-order chi connectivity index (χ0) is 15.0. The highest BCUT2D eigenvalue weighted by molar-refractivity contribution is 9.10. The van der Waals surface area contributed by atoms with E-state index in [4.69, 9.17) is 11.1 Å². The molecule has 1 aromatic carbocycles. The maximum atomic E-state index is 12.3. The summed E-state index contributed by atoms with van der Waals surface area (Å²) in [7, 11) is 0. The molecule has 112 valence electrons. The minimum absolute atomic E-state index is 0.0646. The molecule has 1 amide bonds. The van der Waals surface area contributed by atoms with E-state index in [2.05, 4.69) is 26.1 Å². The number of benzene rings is 1. The summed E-state index contributed by atoms with van der Waals surface area (Å²) in [6.45, 7) is 3.16. The number of nitrogens with two attached hydrogens (primary N) is 1. The van der Waals surface area contributed by atoms with Crippen LogP contribution in [0.1, 0.15) is 18.4 Å². The molecule has 2 bridgehead atoms. The molecule has 4 rings (SSSR count). The molecule has 6 heteroatoms. The SMILES string of the molecule is N=C(C(=O)N[C@H]1CN2CCC1CC2)c1cc(Br)ccc1N. The van der Waals surface area contributed by atoms with Crippen molar-refractivity contribution in [1.29, 1.82) is 5.41 Å². The number of fused-ring (bicyclic) bond motifs is 3. The van der Waals surface area contributed by atoms with Crippen molar-refractivity contribution < 1.29 is 4.79 Å². The third-order valence-electron chi connectivity index (χ3n) is 4.48. The van der Waals surface area contributed by atoms with Crippen LogP contribution < -0.4 is 11.1 Å². The van der Waals surface area contributed by atoms with Gasteiger partial charge in [0, 0.05) is 28.3 Å². The topological polar surface area (TPSA) is 82.2 Å². The van der Waals surface area contributed by atoms with Gasteiger partial charge in [-0.15, -0.1) is 0 Å². The Labute approximate surface area is 132 Å². The van der Waals surface area contributed by atoms with Gasteiger partial charge < -0.3 is 16.0 Å². The predicted octanol–water partition coefficient (Wildman–Crippen LogP) is 1.61. The van der Waals surface area contributed by atoms with Crippen molar-refractivity contribution in [1.82, 2.24) is 10.2 Å². The number of nitrogens with zero attached hydrogens (tertiary/aromatic N) is 1. The van der Waals surface area contributed by atoms with E-state index in [1.807, 2.05) is 0 Å². The van der Waals surface area contributed by atoms with Gasteiger partial charge in [-0.3, -0.25) is 10.2 Å². The van der Waals surface area contributed by atoms with E-state index in [9.17, 15) is 4.79 Å². The van der Waals surface area contributed by atoms with Gasteiger partial charge in [0.2, 0.25) is 0 Å². The number of hydrogen-bond donors (Lipinski definition) is 3. The zero-order valence-electron chi connectivity index (χ0n) is 11.7. The van der Waals surface area contributed by atoms with E-state index in [-0.39, 0.29) is 17.7 Å². The van der Waals surface area contributed by atoms with Crippen LogP contribution in [0.3, 0.4) is 0 Å². The fourth-order valence-corrected chi connectivity index (χ4v) is 3.60. The van der Waals surface area contributed by atoms with Crippen molar-refractivity contribution in [3.05, 3.63) is 28.2 Å². The molecule has 21 heavy (non-hydrogen) atoms. The van der Waals surface area contributed by atoms with Crippen LogP contribution in [0.5, 0.6) is 0 Å². The fraction of sp³-hybridized carbons (Fsp3) is 0.467. The number of rotatable bonds is 3. The summed E-state index contributed by atoms with van der Waals surface area (Å²) in [6, 6.07) is 5.38. The van der Waals surface area contributed by atoms with Crippen LogP contribution in [0.15, 0.2) is 22.7 Å². The lowest BCUT2D eigenvalue weighted by Gasteiger charge is -2.44. The van der Waals surface area contributed by atoms with Crippen molar-refractivity contribution >= 4 is 33.2 Å². The molecule has 1 aromatic rings. The molecule has 0 spiro atoms. The standard InChI is InChI=1S/C15H19BrN4O/c16-10-1-2-12(17)11(7-10)14(18)15(21)19-13-8-20-5-3-9(13)4-6-20/h1-2,7,9,13,18H,3-6,8,17H2,(H,19,21)/t13-/m0/s1. The lowest BCUT2D eigenvalue weighted by atomic mass is 9.84. The van der Waals surface area contributed by atoms with Gasteiger partial charge in [-0.2, -0.15) is 0 Å². The molecule has 0 aliphatic carbocycles. The fourth-order valence-electron chi connectivity index (χ4n) is 3.24. The van der Waals surface area contributed by atoms with Crippen molar-refractivity contribution in [3.63, 3.8) is 0 Å². The van der Waals surface area contributed by atoms with E-state index in [0.29, 0.717) is 17.2 Å². The Bertz CT molecular complexity index is 581. The highest BCUT2D eigenvalue weighted by atomic mass is 79.9. The van der Waals surface area contributed by atoms with Crippen molar-refractivity contribution in [3.8, 4) is 0 Å². The molecule has 0 radical (unpaired) electrons. The first-order valence-corrected chi connectivity index (χ1v) is 8.01. The molecule has 3 aliphatic heterocycles. The van der Waals surface area contributed by atoms with Crippen LogP contribution in [-0.4, -0.2) is 42.2 Å². The number of halogens is 1. The molecule has 1 atom stereocenters. The molecule has 0 aromatic heterocycles. The maximum Gasteiger partial charge on any atom is 0.270 e. The second-order valence-corrected chi connectivity index (χ2v) is 6.74. The summed E-state index contributed by atoms with van der Waals surface area (Å²) >= 11 is 3.35. The number of carbonyl (C=O) groups is 1. The van der Waals surface area contributed by atoms with Gasteiger partial charge in [0.15, 0.2) is 0 Å². The van der Waals surface area contributed by atoms with Crippen LogP contribution in [0.2, 0.25) is 0 Å². The van der Waals surface area contributed by atoms with Crippen LogP contribution in [-0.2, 0) is 4.79 Å². The maximum absolute atomic E-state index is 12.3. The van der Waals surface area contributed by atoms with E-state index in [1.54, 1.807) is 18.2 Å². The molecule has 0 saturated carbocycles. The third-order valence-corrected chi connectivity index (χ3v) is 4.98. The van der Waals surface area contributed by atoms with Crippen LogP contribution >= 0.6 is 15.9 Å². The van der Waals surface area contributed by atoms with Gasteiger partial charge >= 0.3 is 0 Å². The number of anilines is 1. The van der Waals surface area contributed by atoms with Crippen LogP contribution in [0.4, 0.5) is 5.69 Å². The first kappa shape index (κ1) is 14.5. The quantitative estimate of drug-likeness (QED) is 0.572. The predicted molar refractivity (Wildman–Crippen MR) is 86.5 cm³/mol. The van der Waals surface area contributed by atoms with Gasteiger partial charge in [-0.25, -0.2) is 0 Å². The first-order valence-electron chi connectivity index (χ1n) is 7.22. The second kappa shape index (κ2) is 5.77. The molecule has 3 aliphatic rings. The molecular weight excluding hydrogens is 332 g/mol. The van der Waals surface area contributed by atoms with Gasteiger partial charge in [0.05, 0.1) is 0 Å². The monoisotopic (exact) mass is 350 g/mol. The minimum Gasteiger partial charge on any atom is -0.398 e. The lowest BCUT2D eigenvalue weighted by molar-refractivity contribution is -0.116. The molecule has 3 fully saturated rings. The highest BCUT2D eigenvalue weighted by Gasteiger charge is 2.35. The van der Waals surface area contributed by atoms with Crippen molar-refractivity contribution in [2.45, 2.75) is 18.9 Å². The summed E-state index contributed by atoms with van der Waals surface area (Å²) in [5.41, 5.74) is 6.73. The largest absolute Gasteiger partial charge is 0.398 e. The number of piperidine rings is 3. The molecule has 3 heterocycles. The number of carbonyl (C=O) groups excluding carboxylic acids is 1. The van der Waals surface area contributed by atoms with E-state index < -0.39 is 0 Å². The van der Waals surface area contributed by atoms with Gasteiger partial charge in [0.1, 0.15) is 5.71 Å². The Balaban J connectivity index is 1.70. The average Bonchev–Trinajstić information content (AvgIpc) is 2.50. The van der Waals surface area contributed by atoms with Crippen molar-refractivity contribution in [2.75, 3.05) is 25.4 Å². The Morgan fingerprint density at radius 3 is 2.71 bits per heavy atom. The lowest BCUT2D eigenvalue weighted by Crippen LogP contribution is -2.58. The van der Waals surface area contributed by atoms with E-state index in [1.165, 1.54) is 0 Å². The number of hydrogen-bond acceptors (Lipinski definition) is 4. The van der Waals surface area contributed by atoms with Gasteiger partial charge in [-0.05, 0) is 50.0 Å². The number of nitrogen functional groups attached to an aromatic ring is 1. The third kappa shape index (κ3) is 2.96. The zero-order valence-corrected chi connectivity index (χ0v) is 13.3. The molecular formula is C15H19BrN4O. The molecule has 3 saturated heterocycles. The van der Waals surface area contributed by atoms with Crippen LogP contribution in [0, 0.1) is 11.3 Å². The summed E-state index contributed by atoms with van der Waals surface area (Å²) in [5, 5.41) is 11.1. The second-order valence-electron chi connectivity index (χ2n) is 5.82. The molecule has 0 unspecified atom stereocenters. The first-order chi connectivity index (χ1) is 10.0.